The van der Waals surface area contributed by atoms with Crippen molar-refractivity contribution in [3.63, 3.8) is 0 Å². The Balaban J connectivity index is 1.93. The van der Waals surface area contributed by atoms with Gasteiger partial charge in [-0.15, -0.1) is 11.3 Å². The van der Waals surface area contributed by atoms with E-state index in [1.165, 1.54) is 24.0 Å². The summed E-state index contributed by atoms with van der Waals surface area (Å²) in [5, 5.41) is 4.51. The molecule has 5 heteroatoms. The number of methoxy groups -OCH3 is 1. The average molecular weight is 303 g/mol. The molecule has 0 fully saturated rings. The van der Waals surface area contributed by atoms with Crippen LogP contribution in [0.3, 0.4) is 0 Å². The van der Waals surface area contributed by atoms with Crippen LogP contribution in [-0.2, 0) is 16.0 Å². The van der Waals surface area contributed by atoms with Crippen molar-refractivity contribution in [2.75, 3.05) is 12.4 Å². The Morgan fingerprint density at radius 1 is 1.29 bits per heavy atom. The highest BCUT2D eigenvalue weighted by Crippen LogP contribution is 2.23. The molecule has 1 amide bonds. The lowest BCUT2D eigenvalue weighted by molar-refractivity contribution is -0.116. The molecule has 0 radical (unpaired) electrons. The lowest BCUT2D eigenvalue weighted by Gasteiger charge is -2.06. The van der Waals surface area contributed by atoms with Crippen LogP contribution in [0, 0.1) is 6.92 Å². The molecule has 0 aliphatic carbocycles. The minimum Gasteiger partial charge on any atom is -0.465 e. The SMILES string of the molecule is COC(=O)c1sccc1NC(=O)CCc1cccc(C)c1. The number of ether oxygens (including phenoxy) is 1. The predicted octanol–water partition coefficient (Wildman–Crippen LogP) is 3.41. The van der Waals surface area contributed by atoms with E-state index >= 15 is 0 Å². The molecule has 1 N–H and O–H groups in total. The fourth-order valence-electron chi connectivity index (χ4n) is 2.00. The number of esters is 1. The first-order valence-electron chi connectivity index (χ1n) is 6.61. The predicted molar refractivity (Wildman–Crippen MR) is 83.8 cm³/mol. The van der Waals surface area contributed by atoms with E-state index in [0.29, 0.717) is 23.4 Å². The Morgan fingerprint density at radius 2 is 2.10 bits per heavy atom. The van der Waals surface area contributed by atoms with Gasteiger partial charge in [-0.25, -0.2) is 4.79 Å². The summed E-state index contributed by atoms with van der Waals surface area (Å²) in [5.41, 5.74) is 2.82. The van der Waals surface area contributed by atoms with E-state index in [0.717, 1.165) is 5.56 Å². The quantitative estimate of drug-likeness (QED) is 0.861. The lowest BCUT2D eigenvalue weighted by Crippen LogP contribution is -2.14. The molecule has 0 aliphatic heterocycles. The molecule has 0 saturated carbocycles. The summed E-state index contributed by atoms with van der Waals surface area (Å²) < 4.78 is 4.68. The molecule has 0 atom stereocenters. The molecule has 0 bridgehead atoms. The van der Waals surface area contributed by atoms with Crippen LogP contribution in [0.2, 0.25) is 0 Å². The van der Waals surface area contributed by atoms with Gasteiger partial charge in [0.15, 0.2) is 0 Å². The Labute approximate surface area is 127 Å². The number of hydrogen-bond acceptors (Lipinski definition) is 4. The molecule has 0 saturated heterocycles. The van der Waals surface area contributed by atoms with E-state index < -0.39 is 5.97 Å². The lowest BCUT2D eigenvalue weighted by atomic mass is 10.1. The third kappa shape index (κ3) is 4.16. The third-order valence-electron chi connectivity index (χ3n) is 3.03. The van der Waals surface area contributed by atoms with Crippen LogP contribution in [0.25, 0.3) is 0 Å². The molecule has 1 aromatic heterocycles. The molecule has 2 rings (SSSR count). The maximum absolute atomic E-state index is 12.0. The van der Waals surface area contributed by atoms with Crippen LogP contribution >= 0.6 is 11.3 Å². The first-order chi connectivity index (χ1) is 10.1. The van der Waals surface area contributed by atoms with Gasteiger partial charge in [-0.05, 0) is 30.4 Å². The maximum atomic E-state index is 12.0. The molecule has 0 aliphatic rings. The maximum Gasteiger partial charge on any atom is 0.350 e. The molecule has 21 heavy (non-hydrogen) atoms. The summed E-state index contributed by atoms with van der Waals surface area (Å²) in [6.07, 6.45) is 1.05. The van der Waals surface area contributed by atoms with Crippen LogP contribution in [0.15, 0.2) is 35.7 Å². The van der Waals surface area contributed by atoms with Gasteiger partial charge in [0.2, 0.25) is 5.91 Å². The summed E-state index contributed by atoms with van der Waals surface area (Å²) in [6, 6.07) is 9.79. The van der Waals surface area contributed by atoms with Crippen molar-refractivity contribution in [3.8, 4) is 0 Å². The molecule has 110 valence electrons. The largest absolute Gasteiger partial charge is 0.465 e. The number of nitrogens with one attached hydrogen (secondary N) is 1. The number of rotatable bonds is 5. The summed E-state index contributed by atoms with van der Waals surface area (Å²) in [5.74, 6) is -0.543. The van der Waals surface area contributed by atoms with Crippen LogP contribution < -0.4 is 5.32 Å². The molecule has 1 heterocycles. The van der Waals surface area contributed by atoms with E-state index in [2.05, 4.69) is 16.1 Å². The second kappa shape index (κ2) is 7.04. The minimum absolute atomic E-state index is 0.111. The van der Waals surface area contributed by atoms with Crippen molar-refractivity contribution in [1.82, 2.24) is 0 Å². The van der Waals surface area contributed by atoms with Crippen molar-refractivity contribution >= 4 is 28.9 Å². The number of anilines is 1. The zero-order chi connectivity index (χ0) is 15.2. The van der Waals surface area contributed by atoms with Crippen LogP contribution in [0.1, 0.15) is 27.2 Å². The molecule has 2 aromatic rings. The Bertz CT molecular complexity index is 648. The fourth-order valence-corrected chi connectivity index (χ4v) is 2.76. The van der Waals surface area contributed by atoms with Crippen molar-refractivity contribution in [3.05, 3.63) is 51.7 Å². The average Bonchev–Trinajstić information content (AvgIpc) is 2.92. The summed E-state index contributed by atoms with van der Waals surface area (Å²) in [4.78, 5) is 23.9. The summed E-state index contributed by atoms with van der Waals surface area (Å²) >= 11 is 1.25. The number of hydrogen-bond donors (Lipinski definition) is 1. The zero-order valence-corrected chi connectivity index (χ0v) is 12.8. The molecule has 1 aromatic carbocycles. The molecule has 0 spiro atoms. The molecular weight excluding hydrogens is 286 g/mol. The van der Waals surface area contributed by atoms with Gasteiger partial charge < -0.3 is 10.1 Å². The van der Waals surface area contributed by atoms with Crippen LogP contribution in [-0.4, -0.2) is 19.0 Å². The van der Waals surface area contributed by atoms with Crippen molar-refractivity contribution < 1.29 is 14.3 Å². The van der Waals surface area contributed by atoms with Gasteiger partial charge >= 0.3 is 5.97 Å². The number of carbonyl (C=O) groups is 2. The van der Waals surface area contributed by atoms with E-state index in [1.807, 2.05) is 25.1 Å². The third-order valence-corrected chi connectivity index (χ3v) is 3.93. The molecular formula is C16H17NO3S. The number of aryl methyl sites for hydroxylation is 2. The Hall–Kier alpha value is -2.14. The summed E-state index contributed by atoms with van der Waals surface area (Å²) in [7, 11) is 1.32. The van der Waals surface area contributed by atoms with E-state index in [-0.39, 0.29) is 5.91 Å². The minimum atomic E-state index is -0.431. The first kappa shape index (κ1) is 15.3. The van der Waals surface area contributed by atoms with Crippen molar-refractivity contribution in [2.45, 2.75) is 19.8 Å². The van der Waals surface area contributed by atoms with Crippen molar-refractivity contribution in [2.24, 2.45) is 0 Å². The van der Waals surface area contributed by atoms with Crippen LogP contribution in [0.4, 0.5) is 5.69 Å². The first-order valence-corrected chi connectivity index (χ1v) is 7.49. The van der Waals surface area contributed by atoms with Gasteiger partial charge in [0.25, 0.3) is 0 Å². The normalized spacial score (nSPS) is 10.2. The van der Waals surface area contributed by atoms with Gasteiger partial charge in [-0.2, -0.15) is 0 Å². The standard InChI is InChI=1S/C16H17NO3S/c1-11-4-3-5-12(10-11)6-7-14(18)17-13-8-9-21-15(13)16(19)20-2/h3-5,8-10H,6-7H2,1-2H3,(H,17,18). The molecule has 4 nitrogen and oxygen atoms in total. The van der Waals surface area contributed by atoms with Gasteiger partial charge in [0.05, 0.1) is 12.8 Å². The second-order valence-corrected chi connectivity index (χ2v) is 5.61. The fraction of sp³-hybridized carbons (Fsp3) is 0.250. The smallest absolute Gasteiger partial charge is 0.350 e. The highest BCUT2D eigenvalue weighted by Gasteiger charge is 2.15. The van der Waals surface area contributed by atoms with Gasteiger partial charge in [0.1, 0.15) is 4.88 Å². The number of amides is 1. The van der Waals surface area contributed by atoms with Crippen LogP contribution in [0.5, 0.6) is 0 Å². The topological polar surface area (TPSA) is 55.4 Å². The zero-order valence-electron chi connectivity index (χ0n) is 12.0. The van der Waals surface area contributed by atoms with Gasteiger partial charge in [-0.3, -0.25) is 4.79 Å². The van der Waals surface area contributed by atoms with Gasteiger partial charge in [0, 0.05) is 6.42 Å². The highest BCUT2D eigenvalue weighted by molar-refractivity contribution is 7.12. The highest BCUT2D eigenvalue weighted by atomic mass is 32.1. The Morgan fingerprint density at radius 3 is 2.81 bits per heavy atom. The Kier molecular flexibility index (Phi) is 5.11. The monoisotopic (exact) mass is 303 g/mol. The molecule has 0 unspecified atom stereocenters. The summed E-state index contributed by atoms with van der Waals surface area (Å²) in [6.45, 7) is 2.03. The number of thiophene rings is 1. The number of carbonyl (C=O) groups excluding carboxylic acids is 2. The second-order valence-electron chi connectivity index (χ2n) is 4.69. The van der Waals surface area contributed by atoms with E-state index in [9.17, 15) is 9.59 Å². The van der Waals surface area contributed by atoms with Crippen molar-refractivity contribution in [1.29, 1.82) is 0 Å². The van der Waals surface area contributed by atoms with Gasteiger partial charge in [-0.1, -0.05) is 29.8 Å². The van der Waals surface area contributed by atoms with E-state index in [1.54, 1.807) is 11.4 Å². The number of benzene rings is 1. The van der Waals surface area contributed by atoms with E-state index in [4.69, 9.17) is 0 Å².